The third-order valence-electron chi connectivity index (χ3n) is 7.41. The summed E-state index contributed by atoms with van der Waals surface area (Å²) in [6.45, 7) is 9.39. The zero-order valence-corrected chi connectivity index (χ0v) is 23.1. The third kappa shape index (κ3) is 4.20. The molecule has 4 heterocycles. The summed E-state index contributed by atoms with van der Waals surface area (Å²) in [5.74, 6) is 1.21. The third-order valence-corrected chi connectivity index (χ3v) is 7.41. The predicted molar refractivity (Wildman–Crippen MR) is 161 cm³/mol. The Labute approximate surface area is 233 Å². The topological polar surface area (TPSA) is 69.0 Å². The molecule has 2 aromatic heterocycles. The molecule has 2 aliphatic heterocycles. The molecule has 0 saturated carbocycles. The summed E-state index contributed by atoms with van der Waals surface area (Å²) in [7, 11) is 0. The van der Waals surface area contributed by atoms with Gasteiger partial charge in [-0.05, 0) is 72.5 Å². The number of ether oxygens (including phenoxy) is 2. The van der Waals surface area contributed by atoms with Crippen molar-refractivity contribution in [3.05, 3.63) is 96.6 Å². The summed E-state index contributed by atoms with van der Waals surface area (Å²) >= 11 is 0. The van der Waals surface area contributed by atoms with Crippen LogP contribution in [0.1, 0.15) is 39.1 Å². The van der Waals surface area contributed by atoms with Crippen molar-refractivity contribution >= 4 is 33.3 Å². The Morgan fingerprint density at radius 3 is 1.18 bits per heavy atom. The van der Waals surface area contributed by atoms with E-state index in [0.29, 0.717) is 25.0 Å². The molecule has 5 aromatic rings. The van der Waals surface area contributed by atoms with Gasteiger partial charge in [0.15, 0.2) is 0 Å². The molecule has 0 atom stereocenters. The lowest BCUT2D eigenvalue weighted by Gasteiger charge is -2.17. The van der Waals surface area contributed by atoms with Crippen molar-refractivity contribution in [1.29, 1.82) is 0 Å². The van der Waals surface area contributed by atoms with Crippen LogP contribution in [0, 0.1) is 0 Å². The van der Waals surface area contributed by atoms with Crippen molar-refractivity contribution in [3.8, 4) is 22.3 Å². The summed E-state index contributed by atoms with van der Waals surface area (Å²) < 4.78 is 11.6. The molecular formula is C34H30N4O2. The van der Waals surface area contributed by atoms with E-state index in [2.05, 4.69) is 98.3 Å². The molecule has 0 spiro atoms. The van der Waals surface area contributed by atoms with Crippen molar-refractivity contribution in [1.82, 2.24) is 9.97 Å². The molecule has 0 saturated heterocycles. The second-order valence-corrected chi connectivity index (χ2v) is 11.7. The first-order valence-corrected chi connectivity index (χ1v) is 13.6. The highest BCUT2D eigenvalue weighted by molar-refractivity contribution is 6.21. The molecule has 0 N–H and O–H groups in total. The molecule has 0 bridgehead atoms. The van der Waals surface area contributed by atoms with Gasteiger partial charge in [0.1, 0.15) is 24.6 Å². The molecule has 6 heteroatoms. The fourth-order valence-electron chi connectivity index (χ4n) is 5.52. The zero-order valence-electron chi connectivity index (χ0n) is 23.1. The smallest absolute Gasteiger partial charge is 0.236 e. The van der Waals surface area contributed by atoms with Crippen LogP contribution in [0.2, 0.25) is 0 Å². The normalized spacial score (nSPS) is 17.4. The molecule has 0 fully saturated rings. The molecule has 0 aliphatic carbocycles. The lowest BCUT2D eigenvalue weighted by Crippen LogP contribution is -2.17. The van der Waals surface area contributed by atoms with Crippen molar-refractivity contribution in [2.45, 2.75) is 38.8 Å². The van der Waals surface area contributed by atoms with E-state index in [0.717, 1.165) is 55.2 Å². The molecular weight excluding hydrogens is 496 g/mol. The molecule has 2 aliphatic rings. The number of benzene rings is 3. The molecule has 0 amide bonds. The van der Waals surface area contributed by atoms with Gasteiger partial charge in [0.25, 0.3) is 0 Å². The van der Waals surface area contributed by atoms with Crippen molar-refractivity contribution in [2.75, 3.05) is 13.2 Å². The van der Waals surface area contributed by atoms with Gasteiger partial charge in [0, 0.05) is 23.5 Å². The van der Waals surface area contributed by atoms with Gasteiger partial charge in [0.05, 0.1) is 11.1 Å². The van der Waals surface area contributed by atoms with Gasteiger partial charge < -0.3 is 9.47 Å². The standard InChI is InChI=1S/C34H30N4O2/c1-33(2)19-39-31(37-33)27-15-13-21(17-35-27)29-23-9-5-7-11-25(23)30(26-12-8-6-10-24(26)29)22-14-16-28(36-18-22)32-38-34(3,4)20-40-32/h5-18H,19-20H2,1-4H3. The Balaban J connectivity index is 1.37. The predicted octanol–water partition coefficient (Wildman–Crippen LogP) is 7.23. The van der Waals surface area contributed by atoms with Crippen LogP contribution in [0.3, 0.4) is 0 Å². The van der Waals surface area contributed by atoms with Gasteiger partial charge in [-0.2, -0.15) is 0 Å². The Morgan fingerprint density at radius 1 is 0.525 bits per heavy atom. The fourth-order valence-corrected chi connectivity index (χ4v) is 5.52. The number of aromatic nitrogens is 2. The molecule has 0 unspecified atom stereocenters. The van der Waals surface area contributed by atoms with Crippen LogP contribution >= 0.6 is 0 Å². The maximum atomic E-state index is 5.82. The summed E-state index contributed by atoms with van der Waals surface area (Å²) in [6, 6.07) is 25.4. The average Bonchev–Trinajstić information content (AvgIpc) is 3.52. The van der Waals surface area contributed by atoms with Crippen LogP contribution in [-0.4, -0.2) is 46.1 Å². The van der Waals surface area contributed by atoms with Crippen LogP contribution in [0.4, 0.5) is 0 Å². The molecule has 3 aromatic carbocycles. The Kier molecular flexibility index (Phi) is 5.49. The van der Waals surface area contributed by atoms with E-state index in [1.807, 2.05) is 24.5 Å². The molecule has 7 rings (SSSR count). The average molecular weight is 527 g/mol. The minimum Gasteiger partial charge on any atom is -0.474 e. The minimum atomic E-state index is -0.223. The van der Waals surface area contributed by atoms with Gasteiger partial charge in [-0.15, -0.1) is 0 Å². The van der Waals surface area contributed by atoms with Crippen molar-refractivity contribution in [3.63, 3.8) is 0 Å². The maximum Gasteiger partial charge on any atom is 0.236 e. The number of hydrogen-bond acceptors (Lipinski definition) is 6. The fraction of sp³-hybridized carbons (Fsp3) is 0.235. The monoisotopic (exact) mass is 526 g/mol. The molecule has 6 nitrogen and oxygen atoms in total. The second-order valence-electron chi connectivity index (χ2n) is 11.7. The van der Waals surface area contributed by atoms with Crippen LogP contribution < -0.4 is 0 Å². The highest BCUT2D eigenvalue weighted by atomic mass is 16.5. The zero-order chi connectivity index (χ0) is 27.5. The summed E-state index contributed by atoms with van der Waals surface area (Å²) in [4.78, 5) is 18.9. The number of rotatable bonds is 4. The van der Waals surface area contributed by atoms with Crippen LogP contribution in [0.5, 0.6) is 0 Å². The van der Waals surface area contributed by atoms with E-state index in [1.165, 1.54) is 0 Å². The van der Waals surface area contributed by atoms with Crippen molar-refractivity contribution in [2.24, 2.45) is 9.98 Å². The largest absolute Gasteiger partial charge is 0.474 e. The number of fused-ring (bicyclic) bond motifs is 2. The van der Waals surface area contributed by atoms with E-state index in [-0.39, 0.29) is 11.1 Å². The first-order chi connectivity index (χ1) is 19.3. The van der Waals surface area contributed by atoms with Gasteiger partial charge in [-0.1, -0.05) is 60.7 Å². The Bertz CT molecular complexity index is 1640. The van der Waals surface area contributed by atoms with E-state index in [4.69, 9.17) is 19.4 Å². The van der Waals surface area contributed by atoms with Gasteiger partial charge in [-0.25, -0.2) is 9.98 Å². The molecule has 198 valence electrons. The van der Waals surface area contributed by atoms with Crippen LogP contribution in [0.15, 0.2) is 95.2 Å². The summed E-state index contributed by atoms with van der Waals surface area (Å²) in [5.41, 5.74) is 5.47. The quantitative estimate of drug-likeness (QED) is 0.232. The number of pyridine rings is 2. The van der Waals surface area contributed by atoms with Gasteiger partial charge in [-0.3, -0.25) is 9.97 Å². The highest BCUT2D eigenvalue weighted by Crippen LogP contribution is 2.43. The number of hydrogen-bond donors (Lipinski definition) is 0. The maximum absolute atomic E-state index is 5.82. The lowest BCUT2D eigenvalue weighted by molar-refractivity contribution is 0.279. The summed E-state index contributed by atoms with van der Waals surface area (Å²) in [5, 5.41) is 4.65. The van der Waals surface area contributed by atoms with E-state index in [9.17, 15) is 0 Å². The van der Waals surface area contributed by atoms with E-state index < -0.39 is 0 Å². The van der Waals surface area contributed by atoms with Crippen LogP contribution in [-0.2, 0) is 9.47 Å². The van der Waals surface area contributed by atoms with Crippen LogP contribution in [0.25, 0.3) is 43.8 Å². The van der Waals surface area contributed by atoms with E-state index >= 15 is 0 Å². The second kappa shape index (κ2) is 8.98. The SMILES string of the molecule is CC1(C)COC(c2ccc(-c3c4ccccc4c(-c4ccc(C5=NC(C)(C)CO5)nc4)c4ccccc34)cn2)=N1. The van der Waals surface area contributed by atoms with Crippen molar-refractivity contribution < 1.29 is 9.47 Å². The minimum absolute atomic E-state index is 0.223. The highest BCUT2D eigenvalue weighted by Gasteiger charge is 2.29. The van der Waals surface area contributed by atoms with Gasteiger partial charge >= 0.3 is 0 Å². The first-order valence-electron chi connectivity index (χ1n) is 13.6. The van der Waals surface area contributed by atoms with Gasteiger partial charge in [0.2, 0.25) is 11.8 Å². The Hall–Kier alpha value is -4.58. The summed E-state index contributed by atoms with van der Waals surface area (Å²) in [6.07, 6.45) is 3.86. The molecule has 0 radical (unpaired) electrons. The number of aliphatic imine (C=N–C) groups is 2. The Morgan fingerprint density at radius 2 is 0.900 bits per heavy atom. The number of nitrogens with zero attached hydrogens (tertiary/aromatic N) is 4. The first kappa shape index (κ1) is 24.5. The van der Waals surface area contributed by atoms with E-state index in [1.54, 1.807) is 0 Å². The molecule has 40 heavy (non-hydrogen) atoms. The lowest BCUT2D eigenvalue weighted by atomic mass is 9.86.